The van der Waals surface area contributed by atoms with E-state index in [2.05, 4.69) is 21.2 Å². The van der Waals surface area contributed by atoms with Gasteiger partial charge in [0.1, 0.15) is 0 Å². The molecule has 0 fully saturated rings. The number of aromatic carboxylic acids is 1. The summed E-state index contributed by atoms with van der Waals surface area (Å²) in [6, 6.07) is 4.99. The van der Waals surface area contributed by atoms with E-state index in [9.17, 15) is 9.59 Å². The van der Waals surface area contributed by atoms with E-state index >= 15 is 0 Å². The highest BCUT2D eigenvalue weighted by Gasteiger charge is 2.04. The van der Waals surface area contributed by atoms with Gasteiger partial charge in [0.25, 0.3) is 0 Å². The maximum atomic E-state index is 10.9. The molecule has 4 nitrogen and oxygen atoms in total. The van der Waals surface area contributed by atoms with E-state index in [0.717, 1.165) is 10.0 Å². The van der Waals surface area contributed by atoms with E-state index in [4.69, 9.17) is 5.11 Å². The summed E-state index contributed by atoms with van der Waals surface area (Å²) < 4.78 is 0.726. The zero-order valence-corrected chi connectivity index (χ0v) is 11.5. The summed E-state index contributed by atoms with van der Waals surface area (Å²) in [7, 11) is 0. The number of hydrogen-bond donors (Lipinski definition) is 2. The Morgan fingerprint density at radius 3 is 2.72 bits per heavy atom. The van der Waals surface area contributed by atoms with Gasteiger partial charge in [-0.2, -0.15) is 0 Å². The lowest BCUT2D eigenvalue weighted by Crippen LogP contribution is -2.20. The molecule has 1 amide bonds. The van der Waals surface area contributed by atoms with Crippen molar-refractivity contribution in [3.63, 3.8) is 0 Å². The molecule has 0 aliphatic carbocycles. The Hall–Kier alpha value is -1.62. The molecular weight excluding hydrogens is 298 g/mol. The van der Waals surface area contributed by atoms with Crippen molar-refractivity contribution in [3.05, 3.63) is 39.9 Å². The normalized spacial score (nSPS) is 10.6. The van der Waals surface area contributed by atoms with Crippen LogP contribution < -0.4 is 5.32 Å². The molecule has 18 heavy (non-hydrogen) atoms. The lowest BCUT2D eigenvalue weighted by Gasteiger charge is -2.00. The third-order valence-corrected chi connectivity index (χ3v) is 2.62. The second kappa shape index (κ2) is 6.96. The summed E-state index contributed by atoms with van der Waals surface area (Å²) in [6.45, 7) is 2.04. The first-order valence-electron chi connectivity index (χ1n) is 5.44. The average molecular weight is 312 g/mol. The molecule has 0 spiro atoms. The van der Waals surface area contributed by atoms with E-state index in [1.165, 1.54) is 6.92 Å². The number of rotatable bonds is 5. The van der Waals surface area contributed by atoms with E-state index in [1.807, 2.05) is 18.2 Å². The van der Waals surface area contributed by atoms with Crippen LogP contribution >= 0.6 is 15.9 Å². The SMILES string of the molecule is CC(=O)NCCC=Cc1cc(Br)cc(C(=O)O)c1. The topological polar surface area (TPSA) is 66.4 Å². The first-order chi connectivity index (χ1) is 8.49. The van der Waals surface area contributed by atoms with Gasteiger partial charge in [-0.15, -0.1) is 0 Å². The largest absolute Gasteiger partial charge is 0.478 e. The van der Waals surface area contributed by atoms with Crippen LogP contribution in [0.25, 0.3) is 6.08 Å². The fourth-order valence-corrected chi connectivity index (χ4v) is 1.89. The molecule has 0 heterocycles. The monoisotopic (exact) mass is 311 g/mol. The third-order valence-electron chi connectivity index (χ3n) is 2.16. The van der Waals surface area contributed by atoms with Crippen LogP contribution in [0.4, 0.5) is 0 Å². The first kappa shape index (κ1) is 14.4. The van der Waals surface area contributed by atoms with Gasteiger partial charge in [0.2, 0.25) is 5.91 Å². The quantitative estimate of drug-likeness (QED) is 0.822. The molecule has 1 aromatic carbocycles. The molecule has 0 atom stereocenters. The molecule has 0 aromatic heterocycles. The smallest absolute Gasteiger partial charge is 0.335 e. The van der Waals surface area contributed by atoms with Crippen LogP contribution in [0, 0.1) is 0 Å². The molecule has 2 N–H and O–H groups in total. The van der Waals surface area contributed by atoms with E-state index in [-0.39, 0.29) is 11.5 Å². The molecule has 0 aliphatic rings. The first-order valence-corrected chi connectivity index (χ1v) is 6.23. The molecule has 0 unspecified atom stereocenters. The Morgan fingerprint density at radius 1 is 1.39 bits per heavy atom. The number of benzene rings is 1. The fraction of sp³-hybridized carbons (Fsp3) is 0.231. The van der Waals surface area contributed by atoms with E-state index in [0.29, 0.717) is 13.0 Å². The van der Waals surface area contributed by atoms with Crippen molar-refractivity contribution in [1.29, 1.82) is 0 Å². The molecular formula is C13H14BrNO3. The number of hydrogen-bond acceptors (Lipinski definition) is 2. The van der Waals surface area contributed by atoms with Crippen molar-refractivity contribution in [2.24, 2.45) is 0 Å². The Bertz CT molecular complexity index is 483. The van der Waals surface area contributed by atoms with Gasteiger partial charge in [0.15, 0.2) is 0 Å². The van der Waals surface area contributed by atoms with Crippen LogP contribution in [0.1, 0.15) is 29.3 Å². The van der Waals surface area contributed by atoms with Crippen molar-refractivity contribution < 1.29 is 14.7 Å². The fourth-order valence-electron chi connectivity index (χ4n) is 1.38. The number of carboxylic acids is 1. The van der Waals surface area contributed by atoms with E-state index < -0.39 is 5.97 Å². The third kappa shape index (κ3) is 5.14. The Labute approximate surface area is 114 Å². The molecule has 1 aromatic rings. The van der Waals surface area contributed by atoms with Crippen LogP contribution in [0.5, 0.6) is 0 Å². The lowest BCUT2D eigenvalue weighted by molar-refractivity contribution is -0.118. The van der Waals surface area contributed by atoms with Gasteiger partial charge in [0, 0.05) is 17.9 Å². The van der Waals surface area contributed by atoms with Crippen molar-refractivity contribution in [3.8, 4) is 0 Å². The zero-order chi connectivity index (χ0) is 13.5. The molecule has 0 aliphatic heterocycles. The van der Waals surface area contributed by atoms with Gasteiger partial charge in [-0.25, -0.2) is 4.79 Å². The predicted octanol–water partition coefficient (Wildman–Crippen LogP) is 2.69. The second-order valence-electron chi connectivity index (χ2n) is 3.75. The average Bonchev–Trinajstić information content (AvgIpc) is 2.27. The van der Waals surface area contributed by atoms with Gasteiger partial charge in [-0.05, 0) is 30.2 Å². The summed E-state index contributed by atoms with van der Waals surface area (Å²) in [4.78, 5) is 21.5. The van der Waals surface area contributed by atoms with Gasteiger partial charge in [0.05, 0.1) is 5.56 Å². The molecule has 0 bridgehead atoms. The Balaban J connectivity index is 2.64. The molecule has 96 valence electrons. The highest BCUT2D eigenvalue weighted by Crippen LogP contribution is 2.17. The number of amides is 1. The van der Waals surface area contributed by atoms with Gasteiger partial charge in [-0.1, -0.05) is 28.1 Å². The van der Waals surface area contributed by atoms with Crippen LogP contribution in [-0.4, -0.2) is 23.5 Å². The summed E-state index contributed by atoms with van der Waals surface area (Å²) in [6.07, 6.45) is 4.43. The van der Waals surface area contributed by atoms with Crippen molar-refractivity contribution >= 4 is 33.9 Å². The standard InChI is InChI=1S/C13H14BrNO3/c1-9(16)15-5-3-2-4-10-6-11(13(17)18)8-12(14)7-10/h2,4,6-8H,3,5H2,1H3,(H,15,16)(H,17,18). The molecule has 0 saturated heterocycles. The molecule has 5 heteroatoms. The highest BCUT2D eigenvalue weighted by atomic mass is 79.9. The summed E-state index contributed by atoms with van der Waals surface area (Å²) in [5, 5.41) is 11.6. The number of nitrogens with one attached hydrogen (secondary N) is 1. The van der Waals surface area contributed by atoms with Crippen molar-refractivity contribution in [1.82, 2.24) is 5.32 Å². The minimum Gasteiger partial charge on any atom is -0.478 e. The summed E-state index contributed by atoms with van der Waals surface area (Å²) in [5.41, 5.74) is 1.05. The highest BCUT2D eigenvalue weighted by molar-refractivity contribution is 9.10. The van der Waals surface area contributed by atoms with Crippen LogP contribution in [0.2, 0.25) is 0 Å². The van der Waals surface area contributed by atoms with Crippen LogP contribution in [0.15, 0.2) is 28.7 Å². The second-order valence-corrected chi connectivity index (χ2v) is 4.67. The minimum absolute atomic E-state index is 0.0565. The van der Waals surface area contributed by atoms with Gasteiger partial charge in [-0.3, -0.25) is 4.79 Å². The maximum Gasteiger partial charge on any atom is 0.335 e. The Kier molecular flexibility index (Phi) is 5.58. The molecule has 1 rings (SSSR count). The number of carboxylic acid groups (broad SMARTS) is 1. The maximum absolute atomic E-state index is 10.9. The zero-order valence-electron chi connectivity index (χ0n) is 9.94. The van der Waals surface area contributed by atoms with Crippen molar-refractivity contribution in [2.75, 3.05) is 6.54 Å². The number of carbonyl (C=O) groups excluding carboxylic acids is 1. The van der Waals surface area contributed by atoms with Crippen LogP contribution in [0.3, 0.4) is 0 Å². The van der Waals surface area contributed by atoms with Crippen molar-refractivity contribution in [2.45, 2.75) is 13.3 Å². The van der Waals surface area contributed by atoms with E-state index in [1.54, 1.807) is 12.1 Å². The van der Waals surface area contributed by atoms with Gasteiger partial charge >= 0.3 is 5.97 Å². The van der Waals surface area contributed by atoms with Gasteiger partial charge < -0.3 is 10.4 Å². The summed E-state index contributed by atoms with van der Waals surface area (Å²) in [5.74, 6) is -1.01. The molecule has 0 saturated carbocycles. The Morgan fingerprint density at radius 2 is 2.11 bits per heavy atom. The molecule has 0 radical (unpaired) electrons. The number of carbonyl (C=O) groups is 2. The summed E-state index contributed by atoms with van der Waals surface area (Å²) >= 11 is 3.27. The number of halogens is 1. The van der Waals surface area contributed by atoms with Crippen LogP contribution in [-0.2, 0) is 4.79 Å². The minimum atomic E-state index is -0.954. The lowest BCUT2D eigenvalue weighted by atomic mass is 10.1. The predicted molar refractivity (Wildman–Crippen MR) is 73.4 cm³/mol.